The Morgan fingerprint density at radius 1 is 0.815 bits per heavy atom. The van der Waals surface area contributed by atoms with Crippen molar-refractivity contribution in [2.24, 2.45) is 0 Å². The summed E-state index contributed by atoms with van der Waals surface area (Å²) in [4.78, 5) is 18.0. The summed E-state index contributed by atoms with van der Waals surface area (Å²) in [7, 11) is -4.54. The highest BCUT2D eigenvalue weighted by atomic mass is 31.2. The van der Waals surface area contributed by atoms with E-state index in [1.54, 1.807) is 12.1 Å². The maximum Gasteiger partial charge on any atom is 0.524 e. The molecule has 27 heavy (non-hydrogen) atoms. The summed E-state index contributed by atoms with van der Waals surface area (Å²) in [5.74, 6) is 0.420. The predicted octanol–water partition coefficient (Wildman–Crippen LogP) is 4.85. The van der Waals surface area contributed by atoms with Gasteiger partial charge in [0.25, 0.3) is 0 Å². The van der Waals surface area contributed by atoms with Crippen LogP contribution in [0.25, 0.3) is 0 Å². The zero-order chi connectivity index (χ0) is 21.0. The van der Waals surface area contributed by atoms with Gasteiger partial charge in [0.15, 0.2) is 0 Å². The van der Waals surface area contributed by atoms with Crippen LogP contribution in [0, 0.1) is 0 Å². The molecule has 150 valence electrons. The van der Waals surface area contributed by atoms with E-state index in [-0.39, 0.29) is 28.1 Å². The third kappa shape index (κ3) is 8.04. The molecule has 0 amide bonds. The highest BCUT2D eigenvalue weighted by Gasteiger charge is 2.26. The van der Waals surface area contributed by atoms with Crippen molar-refractivity contribution in [3.63, 3.8) is 0 Å². The van der Waals surface area contributed by atoms with Crippen molar-refractivity contribution in [3.05, 3.63) is 53.6 Å². The van der Waals surface area contributed by atoms with Crippen LogP contribution >= 0.6 is 7.82 Å². The fourth-order valence-corrected chi connectivity index (χ4v) is 2.70. The molecule has 4 N–H and O–H groups in total. The van der Waals surface area contributed by atoms with E-state index in [0.29, 0.717) is 0 Å². The van der Waals surface area contributed by atoms with Crippen LogP contribution in [0.1, 0.15) is 52.7 Å². The van der Waals surface area contributed by atoms with Crippen molar-refractivity contribution in [1.29, 1.82) is 0 Å². The predicted molar refractivity (Wildman–Crippen MR) is 106 cm³/mol. The number of phosphoric acid groups is 1. The van der Waals surface area contributed by atoms with E-state index in [2.05, 4.69) is 20.8 Å². The van der Waals surface area contributed by atoms with Crippen LogP contribution < -0.4 is 4.52 Å². The van der Waals surface area contributed by atoms with Crippen LogP contribution in [0.5, 0.6) is 17.2 Å². The molecule has 0 aliphatic rings. The van der Waals surface area contributed by atoms with Crippen LogP contribution in [-0.4, -0.2) is 20.0 Å². The fourth-order valence-electron chi connectivity index (χ4n) is 2.28. The molecule has 2 rings (SSSR count). The zero-order valence-corrected chi connectivity index (χ0v) is 17.5. The number of benzene rings is 2. The third-order valence-corrected chi connectivity index (χ3v) is 4.14. The first-order valence-corrected chi connectivity index (χ1v) is 10.0. The summed E-state index contributed by atoms with van der Waals surface area (Å²) in [6, 6.07) is 11.3. The molecule has 0 aliphatic carbocycles. The maximum atomic E-state index is 11.0. The molecular formula is C20H29O6P. The molecule has 0 heterocycles. The Balaban J connectivity index is 0.000000377. The lowest BCUT2D eigenvalue weighted by atomic mass is 9.80. The molecule has 0 unspecified atom stereocenters. The van der Waals surface area contributed by atoms with Crippen molar-refractivity contribution in [2.45, 2.75) is 52.4 Å². The van der Waals surface area contributed by atoms with Crippen molar-refractivity contribution in [2.75, 3.05) is 0 Å². The smallest absolute Gasteiger partial charge is 0.508 e. The summed E-state index contributed by atoms with van der Waals surface area (Å²) in [5.41, 5.74) is 1.62. The van der Waals surface area contributed by atoms with Gasteiger partial charge in [-0.05, 0) is 34.6 Å². The first-order valence-electron chi connectivity index (χ1n) is 8.48. The average Bonchev–Trinajstić information content (AvgIpc) is 2.44. The van der Waals surface area contributed by atoms with E-state index < -0.39 is 7.82 Å². The van der Waals surface area contributed by atoms with E-state index >= 15 is 0 Å². The van der Waals surface area contributed by atoms with Gasteiger partial charge >= 0.3 is 7.82 Å². The van der Waals surface area contributed by atoms with Gasteiger partial charge in [-0.3, -0.25) is 9.79 Å². The molecule has 0 spiro atoms. The number of rotatable bonds is 2. The van der Waals surface area contributed by atoms with Gasteiger partial charge in [0.1, 0.15) is 17.2 Å². The van der Waals surface area contributed by atoms with Gasteiger partial charge in [0, 0.05) is 11.6 Å². The van der Waals surface area contributed by atoms with Gasteiger partial charge in [-0.15, -0.1) is 0 Å². The van der Waals surface area contributed by atoms with Crippen LogP contribution in [0.3, 0.4) is 0 Å². The average molecular weight is 396 g/mol. The molecule has 2 aromatic rings. The quantitative estimate of drug-likeness (QED) is 0.541. The summed E-state index contributed by atoms with van der Waals surface area (Å²) in [5, 5.41) is 17.3. The second-order valence-corrected chi connectivity index (χ2v) is 9.48. The van der Waals surface area contributed by atoms with Crippen molar-refractivity contribution < 1.29 is 29.1 Å². The van der Waals surface area contributed by atoms with E-state index in [9.17, 15) is 4.57 Å². The number of phenolic OH excluding ortho intramolecular Hbond substituents is 2. The van der Waals surface area contributed by atoms with Gasteiger partial charge < -0.3 is 14.7 Å². The van der Waals surface area contributed by atoms with Gasteiger partial charge in [-0.25, -0.2) is 4.57 Å². The first kappa shape index (κ1) is 23.0. The number of phosphoric ester groups is 1. The van der Waals surface area contributed by atoms with Crippen molar-refractivity contribution >= 4 is 7.82 Å². The molecule has 0 bridgehead atoms. The van der Waals surface area contributed by atoms with Gasteiger partial charge in [-0.1, -0.05) is 59.7 Å². The Kier molecular flexibility index (Phi) is 7.11. The molecule has 0 radical (unpaired) electrons. The molecule has 6 nitrogen and oxygen atoms in total. The fraction of sp³-hybridized carbons (Fsp3) is 0.400. The molecule has 0 aromatic heterocycles. The molecule has 0 fully saturated rings. The van der Waals surface area contributed by atoms with Crippen molar-refractivity contribution in [3.8, 4) is 17.2 Å². The topological polar surface area (TPSA) is 107 Å². The first-order chi connectivity index (χ1) is 12.1. The second-order valence-electron chi connectivity index (χ2n) is 8.31. The summed E-state index contributed by atoms with van der Waals surface area (Å²) >= 11 is 0. The molecule has 7 heteroatoms. The van der Waals surface area contributed by atoms with E-state index in [1.807, 2.05) is 32.9 Å². The minimum atomic E-state index is -4.54. The third-order valence-electron chi connectivity index (χ3n) is 3.70. The van der Waals surface area contributed by atoms with Crippen LogP contribution in [-0.2, 0) is 15.4 Å². The lowest BCUT2D eigenvalue weighted by molar-refractivity contribution is 0.280. The normalized spacial score (nSPS) is 12.1. The molecular weight excluding hydrogens is 367 g/mol. The number of phenols is 2. The van der Waals surface area contributed by atoms with Gasteiger partial charge in [0.2, 0.25) is 0 Å². The Labute approximate surface area is 160 Å². The Bertz CT molecular complexity index is 795. The van der Waals surface area contributed by atoms with E-state index in [1.165, 1.54) is 18.2 Å². The van der Waals surface area contributed by atoms with E-state index in [4.69, 9.17) is 24.5 Å². The van der Waals surface area contributed by atoms with Crippen LogP contribution in [0.15, 0.2) is 42.5 Å². The number of hydrogen-bond donors (Lipinski definition) is 4. The highest BCUT2D eigenvalue weighted by Crippen LogP contribution is 2.43. The minimum absolute atomic E-state index is 0.0271. The molecule has 2 aromatic carbocycles. The summed E-state index contributed by atoms with van der Waals surface area (Å²) < 4.78 is 15.8. The second kappa shape index (κ2) is 8.34. The monoisotopic (exact) mass is 396 g/mol. The largest absolute Gasteiger partial charge is 0.524 e. The Morgan fingerprint density at radius 2 is 1.33 bits per heavy atom. The lowest BCUT2D eigenvalue weighted by Crippen LogP contribution is -2.17. The molecule has 0 atom stereocenters. The number of hydrogen-bond acceptors (Lipinski definition) is 4. The Morgan fingerprint density at radius 3 is 1.67 bits per heavy atom. The van der Waals surface area contributed by atoms with Gasteiger partial charge in [0.05, 0.1) is 0 Å². The Hall–Kier alpha value is -2.01. The number of aromatic hydroxyl groups is 2. The summed E-state index contributed by atoms with van der Waals surface area (Å²) in [6.45, 7) is 12.2. The lowest BCUT2D eigenvalue weighted by Gasteiger charge is -2.27. The summed E-state index contributed by atoms with van der Waals surface area (Å²) in [6.07, 6.45) is 0. The van der Waals surface area contributed by atoms with Crippen LogP contribution in [0.2, 0.25) is 0 Å². The minimum Gasteiger partial charge on any atom is -0.508 e. The van der Waals surface area contributed by atoms with E-state index in [0.717, 1.165) is 11.1 Å². The molecule has 0 saturated heterocycles. The van der Waals surface area contributed by atoms with Crippen LogP contribution in [0.4, 0.5) is 0 Å². The maximum absolute atomic E-state index is 11.0. The SMILES string of the molecule is CC(C)(C)c1ccc(OP(=O)(O)O)c(C(C)(C)C)c1.Oc1cccc(O)c1. The standard InChI is InChI=1S/C14H23O4P.C6H6O2/c1-13(2,3)10-7-8-12(18-19(15,16)17)11(9-10)14(4,5)6;7-5-2-1-3-6(8)4-5/h7-9H,1-6H3,(H2,15,16,17);1-4,7-8H. The zero-order valence-electron chi connectivity index (χ0n) is 16.6. The van der Waals surface area contributed by atoms with Crippen molar-refractivity contribution in [1.82, 2.24) is 0 Å². The van der Waals surface area contributed by atoms with Gasteiger partial charge in [-0.2, -0.15) is 0 Å². The molecule has 0 saturated carbocycles. The molecule has 0 aliphatic heterocycles. The highest BCUT2D eigenvalue weighted by molar-refractivity contribution is 7.46.